The predicted molar refractivity (Wildman–Crippen MR) is 112 cm³/mol. The number of hydrogen-bond acceptors (Lipinski definition) is 5. The van der Waals surface area contributed by atoms with Gasteiger partial charge in [-0.1, -0.05) is 0 Å². The Bertz CT molecular complexity index is 938. The lowest BCUT2D eigenvalue weighted by Gasteiger charge is -2.30. The highest BCUT2D eigenvalue weighted by molar-refractivity contribution is 5.74. The van der Waals surface area contributed by atoms with Crippen molar-refractivity contribution < 1.29 is 13.6 Å². The molecule has 162 valence electrons. The maximum Gasteiger partial charge on any atom is 0.265 e. The van der Waals surface area contributed by atoms with Crippen LogP contribution in [-0.4, -0.2) is 47.3 Å². The van der Waals surface area contributed by atoms with Crippen LogP contribution in [0.25, 0.3) is 0 Å². The number of alkyl halides is 2. The molecule has 2 aliphatic rings. The van der Waals surface area contributed by atoms with Crippen LogP contribution in [0.4, 0.5) is 26.0 Å². The van der Waals surface area contributed by atoms with Crippen molar-refractivity contribution in [2.24, 2.45) is 0 Å². The first-order valence-corrected chi connectivity index (χ1v) is 10.3. The van der Waals surface area contributed by atoms with Crippen molar-refractivity contribution >= 4 is 23.1 Å². The SMILES string of the molecule is CC(=O)N1CCc2c(c(N(C)c3ccc(N)c(C(F)F)c3)nn2C2CCNCC2)C1. The molecule has 0 unspecified atom stereocenters. The Morgan fingerprint density at radius 3 is 2.73 bits per heavy atom. The van der Waals surface area contributed by atoms with Crippen LogP contribution in [-0.2, 0) is 17.8 Å². The highest BCUT2D eigenvalue weighted by Crippen LogP contribution is 2.37. The number of carbonyl (C=O) groups is 1. The summed E-state index contributed by atoms with van der Waals surface area (Å²) >= 11 is 0. The first-order chi connectivity index (χ1) is 14.4. The van der Waals surface area contributed by atoms with Crippen LogP contribution in [0.1, 0.15) is 49.1 Å². The van der Waals surface area contributed by atoms with E-state index in [4.69, 9.17) is 10.8 Å². The van der Waals surface area contributed by atoms with Crippen LogP contribution < -0.4 is 16.0 Å². The van der Waals surface area contributed by atoms with E-state index in [9.17, 15) is 13.6 Å². The summed E-state index contributed by atoms with van der Waals surface area (Å²) < 4.78 is 28.8. The molecule has 4 rings (SSSR count). The summed E-state index contributed by atoms with van der Waals surface area (Å²) in [6, 6.07) is 4.95. The maximum absolute atomic E-state index is 13.4. The molecule has 0 aliphatic carbocycles. The Labute approximate surface area is 174 Å². The van der Waals surface area contributed by atoms with Crippen LogP contribution >= 0.6 is 0 Å². The molecule has 0 spiro atoms. The Morgan fingerprint density at radius 2 is 2.07 bits per heavy atom. The molecule has 3 heterocycles. The number of nitrogens with one attached hydrogen (secondary N) is 1. The van der Waals surface area contributed by atoms with E-state index in [0.29, 0.717) is 30.6 Å². The molecule has 0 saturated carbocycles. The molecule has 1 fully saturated rings. The van der Waals surface area contributed by atoms with Crippen LogP contribution in [0.5, 0.6) is 0 Å². The van der Waals surface area contributed by atoms with Gasteiger partial charge >= 0.3 is 0 Å². The number of hydrogen-bond donors (Lipinski definition) is 2. The van der Waals surface area contributed by atoms with E-state index in [2.05, 4.69) is 10.00 Å². The Hall–Kier alpha value is -2.68. The number of piperidine rings is 1. The zero-order valence-electron chi connectivity index (χ0n) is 17.4. The normalized spacial score (nSPS) is 17.3. The number of amides is 1. The number of fused-ring (bicyclic) bond motifs is 1. The molecule has 0 atom stereocenters. The number of anilines is 3. The van der Waals surface area contributed by atoms with E-state index in [1.54, 1.807) is 13.0 Å². The Kier molecular flexibility index (Phi) is 5.64. The third-order valence-corrected chi connectivity index (χ3v) is 6.18. The lowest BCUT2D eigenvalue weighted by molar-refractivity contribution is -0.129. The van der Waals surface area contributed by atoms with Crippen molar-refractivity contribution in [3.8, 4) is 0 Å². The number of halogens is 2. The van der Waals surface area contributed by atoms with Gasteiger partial charge in [-0.25, -0.2) is 8.78 Å². The maximum atomic E-state index is 13.4. The largest absolute Gasteiger partial charge is 0.398 e. The molecule has 1 aromatic heterocycles. The van der Waals surface area contributed by atoms with Crippen molar-refractivity contribution in [3.63, 3.8) is 0 Å². The van der Waals surface area contributed by atoms with E-state index in [0.717, 1.165) is 43.6 Å². The van der Waals surface area contributed by atoms with Gasteiger partial charge in [-0.3, -0.25) is 9.48 Å². The minimum absolute atomic E-state index is 0.0244. The number of rotatable bonds is 4. The second-order valence-corrected chi connectivity index (χ2v) is 8.04. The number of nitrogens with two attached hydrogens (primary N) is 1. The predicted octanol–water partition coefficient (Wildman–Crippen LogP) is 3.00. The van der Waals surface area contributed by atoms with E-state index in [1.807, 2.05) is 16.8 Å². The summed E-state index contributed by atoms with van der Waals surface area (Å²) in [5.74, 6) is 0.732. The Morgan fingerprint density at radius 1 is 1.33 bits per heavy atom. The van der Waals surface area contributed by atoms with Crippen molar-refractivity contribution in [3.05, 3.63) is 35.0 Å². The molecule has 1 saturated heterocycles. The van der Waals surface area contributed by atoms with Gasteiger partial charge in [0.1, 0.15) is 0 Å². The highest BCUT2D eigenvalue weighted by atomic mass is 19.3. The fraction of sp³-hybridized carbons (Fsp3) is 0.524. The molecule has 1 aromatic carbocycles. The minimum Gasteiger partial charge on any atom is -0.398 e. The van der Waals surface area contributed by atoms with E-state index in [1.165, 1.54) is 12.1 Å². The summed E-state index contributed by atoms with van der Waals surface area (Å²) in [4.78, 5) is 15.6. The molecule has 9 heteroatoms. The van der Waals surface area contributed by atoms with E-state index < -0.39 is 6.43 Å². The standard InChI is InChI=1S/C21H28F2N6O/c1-13(30)28-10-7-19-17(12-28)21(26-29(19)14-5-8-25-9-6-14)27(2)15-3-4-18(24)16(11-15)20(22)23/h3-4,11,14,20,25H,5-10,12,24H2,1-2H3. The van der Waals surface area contributed by atoms with Crippen LogP contribution in [0.15, 0.2) is 18.2 Å². The molecule has 2 aromatic rings. The quantitative estimate of drug-likeness (QED) is 0.747. The smallest absolute Gasteiger partial charge is 0.265 e. The average molecular weight is 418 g/mol. The van der Waals surface area contributed by atoms with Gasteiger partial charge in [-0.2, -0.15) is 5.10 Å². The first-order valence-electron chi connectivity index (χ1n) is 10.3. The number of benzene rings is 1. The highest BCUT2D eigenvalue weighted by Gasteiger charge is 2.31. The molecule has 2 aliphatic heterocycles. The minimum atomic E-state index is -2.65. The van der Waals surface area contributed by atoms with Crippen LogP contribution in [0.2, 0.25) is 0 Å². The van der Waals surface area contributed by atoms with Gasteiger partial charge in [0.25, 0.3) is 6.43 Å². The van der Waals surface area contributed by atoms with Crippen molar-refractivity contribution in [2.45, 2.75) is 45.2 Å². The number of carbonyl (C=O) groups excluding carboxylic acids is 1. The fourth-order valence-corrected chi connectivity index (χ4v) is 4.40. The van der Waals surface area contributed by atoms with Gasteiger partial charge in [0.15, 0.2) is 5.82 Å². The van der Waals surface area contributed by atoms with E-state index in [-0.39, 0.29) is 17.2 Å². The summed E-state index contributed by atoms with van der Waals surface area (Å²) in [5, 5.41) is 8.32. The summed E-state index contributed by atoms with van der Waals surface area (Å²) in [6.07, 6.45) is 0.0765. The number of nitrogens with zero attached hydrogens (tertiary/aromatic N) is 4. The van der Waals surface area contributed by atoms with Crippen molar-refractivity contribution in [1.82, 2.24) is 20.0 Å². The summed E-state index contributed by atoms with van der Waals surface area (Å²) in [6.45, 7) is 4.60. The monoisotopic (exact) mass is 418 g/mol. The van der Waals surface area contributed by atoms with E-state index >= 15 is 0 Å². The first kappa shape index (κ1) is 20.6. The zero-order valence-corrected chi connectivity index (χ0v) is 17.4. The molecule has 7 nitrogen and oxygen atoms in total. The molecule has 30 heavy (non-hydrogen) atoms. The zero-order chi connectivity index (χ0) is 21.4. The van der Waals surface area contributed by atoms with Gasteiger partial charge in [-0.05, 0) is 44.1 Å². The fourth-order valence-electron chi connectivity index (χ4n) is 4.40. The van der Waals surface area contributed by atoms with Gasteiger partial charge in [0.05, 0.1) is 12.6 Å². The molecular formula is C21H28F2N6O. The third kappa shape index (κ3) is 3.74. The second kappa shape index (κ2) is 8.22. The summed E-state index contributed by atoms with van der Waals surface area (Å²) in [5.41, 5.74) is 8.35. The lowest BCUT2D eigenvalue weighted by atomic mass is 10.0. The molecule has 0 bridgehead atoms. The van der Waals surface area contributed by atoms with Gasteiger partial charge in [0, 0.05) is 55.1 Å². The van der Waals surface area contributed by atoms with Crippen LogP contribution in [0.3, 0.4) is 0 Å². The van der Waals surface area contributed by atoms with Crippen LogP contribution in [0, 0.1) is 0 Å². The number of nitrogen functional groups attached to an aromatic ring is 1. The van der Waals surface area contributed by atoms with Gasteiger partial charge in [0.2, 0.25) is 5.91 Å². The van der Waals surface area contributed by atoms with Crippen molar-refractivity contribution in [2.75, 3.05) is 37.3 Å². The lowest BCUT2D eigenvalue weighted by Crippen LogP contribution is -2.36. The topological polar surface area (TPSA) is 79.4 Å². The number of aromatic nitrogens is 2. The second-order valence-electron chi connectivity index (χ2n) is 8.04. The summed E-state index contributed by atoms with van der Waals surface area (Å²) in [7, 11) is 1.82. The van der Waals surface area contributed by atoms with Gasteiger partial charge in [-0.15, -0.1) is 0 Å². The van der Waals surface area contributed by atoms with Crippen molar-refractivity contribution in [1.29, 1.82) is 0 Å². The molecule has 0 radical (unpaired) electrons. The molecule has 3 N–H and O–H groups in total. The average Bonchev–Trinajstić information content (AvgIpc) is 3.13. The molecular weight excluding hydrogens is 390 g/mol. The third-order valence-electron chi connectivity index (χ3n) is 6.18. The van der Waals surface area contributed by atoms with Gasteiger partial charge < -0.3 is 20.9 Å². The molecule has 1 amide bonds. The Balaban J connectivity index is 1.76.